The molecule has 4 aromatic rings. The summed E-state index contributed by atoms with van der Waals surface area (Å²) in [6.07, 6.45) is 4.74. The number of nitrogens with one attached hydrogen (secondary N) is 1. The molecule has 0 unspecified atom stereocenters. The zero-order valence-electron chi connectivity index (χ0n) is 15.5. The molecule has 0 aliphatic rings. The first kappa shape index (κ1) is 18.9. The van der Waals surface area contributed by atoms with Crippen molar-refractivity contribution >= 4 is 33.9 Å². The minimum Gasteiger partial charge on any atom is -0.493 e. The highest BCUT2D eigenvalue weighted by atomic mass is 35.5. The first-order chi connectivity index (χ1) is 14.1. The fourth-order valence-electron chi connectivity index (χ4n) is 2.87. The molecule has 0 saturated heterocycles. The number of halogens is 2. The first-order valence-electron chi connectivity index (χ1n) is 8.78. The largest absolute Gasteiger partial charge is 0.493 e. The fourth-order valence-corrected chi connectivity index (χ4v) is 3.03. The SMILES string of the molecule is COc1cc2c(Nc3ccc(Cl)cc3F)ccnc2cc1OCCn1cncn1. The van der Waals surface area contributed by atoms with Gasteiger partial charge in [0.15, 0.2) is 11.5 Å². The Kier molecular flexibility index (Phi) is 5.44. The molecule has 29 heavy (non-hydrogen) atoms. The van der Waals surface area contributed by atoms with Gasteiger partial charge in [0.05, 0.1) is 24.9 Å². The van der Waals surface area contributed by atoms with E-state index in [1.54, 1.807) is 48.6 Å². The van der Waals surface area contributed by atoms with E-state index >= 15 is 0 Å². The molecule has 4 rings (SSSR count). The van der Waals surface area contributed by atoms with Gasteiger partial charge in [0.2, 0.25) is 0 Å². The summed E-state index contributed by atoms with van der Waals surface area (Å²) in [6, 6.07) is 9.83. The molecule has 0 radical (unpaired) electrons. The first-order valence-corrected chi connectivity index (χ1v) is 9.16. The van der Waals surface area contributed by atoms with E-state index in [9.17, 15) is 4.39 Å². The van der Waals surface area contributed by atoms with E-state index in [1.165, 1.54) is 12.4 Å². The molecule has 0 aliphatic heterocycles. The molecule has 0 aliphatic carbocycles. The molecule has 0 saturated carbocycles. The summed E-state index contributed by atoms with van der Waals surface area (Å²) in [5.74, 6) is 0.661. The second kappa shape index (κ2) is 8.32. The molecule has 7 nitrogen and oxygen atoms in total. The van der Waals surface area contributed by atoms with Gasteiger partial charge >= 0.3 is 0 Å². The average Bonchev–Trinajstić information content (AvgIpc) is 3.23. The maximum atomic E-state index is 14.2. The summed E-state index contributed by atoms with van der Waals surface area (Å²) in [4.78, 5) is 8.29. The predicted molar refractivity (Wildman–Crippen MR) is 109 cm³/mol. The third-order valence-corrected chi connectivity index (χ3v) is 4.51. The molecule has 148 valence electrons. The van der Waals surface area contributed by atoms with Crippen molar-refractivity contribution in [3.05, 3.63) is 66.1 Å². The molecule has 2 aromatic heterocycles. The van der Waals surface area contributed by atoms with Crippen LogP contribution in [-0.2, 0) is 6.54 Å². The van der Waals surface area contributed by atoms with Crippen LogP contribution in [0.2, 0.25) is 5.02 Å². The summed E-state index contributed by atoms with van der Waals surface area (Å²) >= 11 is 5.83. The van der Waals surface area contributed by atoms with Crippen LogP contribution < -0.4 is 14.8 Å². The van der Waals surface area contributed by atoms with Crippen LogP contribution in [0.25, 0.3) is 10.9 Å². The summed E-state index contributed by atoms with van der Waals surface area (Å²) in [7, 11) is 1.56. The van der Waals surface area contributed by atoms with Crippen molar-refractivity contribution in [1.82, 2.24) is 19.7 Å². The van der Waals surface area contributed by atoms with Crippen LogP contribution in [0.3, 0.4) is 0 Å². The molecule has 1 N–H and O–H groups in total. The van der Waals surface area contributed by atoms with E-state index in [4.69, 9.17) is 21.1 Å². The second-order valence-electron chi connectivity index (χ2n) is 6.13. The minimum absolute atomic E-state index is 0.314. The van der Waals surface area contributed by atoms with Gasteiger partial charge in [0.1, 0.15) is 25.1 Å². The molecular formula is C20H17ClFN5O2. The molecule has 0 spiro atoms. The van der Waals surface area contributed by atoms with Crippen molar-refractivity contribution in [1.29, 1.82) is 0 Å². The summed E-state index contributed by atoms with van der Waals surface area (Å²) in [5, 5.41) is 8.23. The van der Waals surface area contributed by atoms with Crippen LogP contribution in [0.5, 0.6) is 11.5 Å². The molecule has 2 heterocycles. The average molecular weight is 414 g/mol. The van der Waals surface area contributed by atoms with Gasteiger partial charge in [-0.2, -0.15) is 5.10 Å². The van der Waals surface area contributed by atoms with Crippen LogP contribution >= 0.6 is 11.6 Å². The molecule has 2 aromatic carbocycles. The number of hydrogen-bond acceptors (Lipinski definition) is 6. The lowest BCUT2D eigenvalue weighted by Gasteiger charge is -2.14. The Balaban J connectivity index is 1.62. The number of nitrogens with zero attached hydrogens (tertiary/aromatic N) is 4. The monoisotopic (exact) mass is 413 g/mol. The van der Waals surface area contributed by atoms with E-state index < -0.39 is 5.82 Å². The van der Waals surface area contributed by atoms with Crippen LogP contribution in [-0.4, -0.2) is 33.5 Å². The Morgan fingerprint density at radius 1 is 1.14 bits per heavy atom. The van der Waals surface area contributed by atoms with Gasteiger partial charge < -0.3 is 14.8 Å². The van der Waals surface area contributed by atoms with E-state index in [0.717, 1.165) is 5.39 Å². The van der Waals surface area contributed by atoms with Crippen molar-refractivity contribution in [3.63, 3.8) is 0 Å². The van der Waals surface area contributed by atoms with Gasteiger partial charge in [-0.1, -0.05) is 11.6 Å². The Morgan fingerprint density at radius 3 is 2.79 bits per heavy atom. The van der Waals surface area contributed by atoms with Crippen molar-refractivity contribution in [2.24, 2.45) is 0 Å². The van der Waals surface area contributed by atoms with Crippen LogP contribution in [0.15, 0.2) is 55.2 Å². The smallest absolute Gasteiger partial charge is 0.163 e. The molecule has 0 fully saturated rings. The number of ether oxygens (including phenoxy) is 2. The number of methoxy groups -OCH3 is 1. The van der Waals surface area contributed by atoms with E-state index in [2.05, 4.69) is 20.4 Å². The zero-order valence-corrected chi connectivity index (χ0v) is 16.2. The van der Waals surface area contributed by atoms with Gasteiger partial charge in [0, 0.05) is 28.4 Å². The van der Waals surface area contributed by atoms with Gasteiger partial charge in [-0.3, -0.25) is 4.98 Å². The Hall–Kier alpha value is -3.39. The lowest BCUT2D eigenvalue weighted by atomic mass is 10.1. The number of benzene rings is 2. The highest BCUT2D eigenvalue weighted by molar-refractivity contribution is 6.30. The number of fused-ring (bicyclic) bond motifs is 1. The molecular weight excluding hydrogens is 397 g/mol. The number of aromatic nitrogens is 4. The van der Waals surface area contributed by atoms with Gasteiger partial charge in [0.25, 0.3) is 0 Å². The lowest BCUT2D eigenvalue weighted by molar-refractivity contribution is 0.274. The maximum Gasteiger partial charge on any atom is 0.163 e. The summed E-state index contributed by atoms with van der Waals surface area (Å²) in [5.41, 5.74) is 1.68. The van der Waals surface area contributed by atoms with Crippen molar-refractivity contribution in [2.75, 3.05) is 19.0 Å². The van der Waals surface area contributed by atoms with Gasteiger partial charge in [-0.05, 0) is 30.3 Å². The van der Waals surface area contributed by atoms with Gasteiger partial charge in [-0.25, -0.2) is 14.1 Å². The standard InChI is InChI=1S/C20H17ClFN5O2/c1-28-19-9-14-16(26-17-3-2-13(21)8-15(17)22)4-5-24-18(14)10-20(19)29-7-6-27-12-23-11-25-27/h2-5,8-12H,6-7H2,1H3,(H,24,26). The number of anilines is 2. The van der Waals surface area contributed by atoms with E-state index in [1.807, 2.05) is 6.07 Å². The topological polar surface area (TPSA) is 74.1 Å². The third kappa shape index (κ3) is 4.22. The number of hydrogen-bond donors (Lipinski definition) is 1. The minimum atomic E-state index is -0.442. The Morgan fingerprint density at radius 2 is 2.03 bits per heavy atom. The fraction of sp³-hybridized carbons (Fsp3) is 0.150. The third-order valence-electron chi connectivity index (χ3n) is 4.27. The van der Waals surface area contributed by atoms with Crippen LogP contribution in [0.4, 0.5) is 15.8 Å². The van der Waals surface area contributed by atoms with Crippen molar-refractivity contribution in [2.45, 2.75) is 6.54 Å². The van der Waals surface area contributed by atoms with Crippen LogP contribution in [0.1, 0.15) is 0 Å². The molecule has 0 bridgehead atoms. The Bertz CT molecular complexity index is 1140. The molecule has 9 heteroatoms. The normalized spacial score (nSPS) is 10.9. The number of pyridine rings is 1. The van der Waals surface area contributed by atoms with Crippen LogP contribution in [0, 0.1) is 5.82 Å². The lowest BCUT2D eigenvalue weighted by Crippen LogP contribution is -2.09. The summed E-state index contributed by atoms with van der Waals surface area (Å²) < 4.78 is 27.2. The van der Waals surface area contributed by atoms with Crippen molar-refractivity contribution in [3.8, 4) is 11.5 Å². The van der Waals surface area contributed by atoms with E-state index in [0.29, 0.717) is 46.6 Å². The molecule has 0 amide bonds. The highest BCUT2D eigenvalue weighted by Crippen LogP contribution is 2.36. The van der Waals surface area contributed by atoms with Gasteiger partial charge in [-0.15, -0.1) is 0 Å². The Labute approximate surface area is 171 Å². The summed E-state index contributed by atoms with van der Waals surface area (Å²) in [6.45, 7) is 0.936. The number of rotatable bonds is 7. The maximum absolute atomic E-state index is 14.2. The predicted octanol–water partition coefficient (Wildman–Crippen LogP) is 4.45. The van der Waals surface area contributed by atoms with Crippen molar-refractivity contribution < 1.29 is 13.9 Å². The molecule has 0 atom stereocenters. The van der Waals surface area contributed by atoms with E-state index in [-0.39, 0.29) is 0 Å². The second-order valence-corrected chi connectivity index (χ2v) is 6.57. The quantitative estimate of drug-likeness (QED) is 0.482. The highest BCUT2D eigenvalue weighted by Gasteiger charge is 2.12. The zero-order chi connectivity index (χ0) is 20.2.